The third-order valence-corrected chi connectivity index (χ3v) is 5.17. The maximum Gasteiger partial charge on any atom is 0.264 e. The monoisotopic (exact) mass is 367 g/mol. The molecule has 0 fully saturated rings. The zero-order valence-corrected chi connectivity index (χ0v) is 16.0. The van der Waals surface area contributed by atoms with Crippen molar-refractivity contribution in [2.45, 2.75) is 26.3 Å². The minimum atomic E-state index is 0.206. The third kappa shape index (κ3) is 2.78. The van der Waals surface area contributed by atoms with Crippen molar-refractivity contribution in [1.82, 2.24) is 14.8 Å². The fourth-order valence-corrected chi connectivity index (χ4v) is 3.73. The Kier molecular flexibility index (Phi) is 3.97. The highest BCUT2D eigenvalue weighted by Gasteiger charge is 2.18. The molecule has 0 saturated carbocycles. The van der Waals surface area contributed by atoms with Gasteiger partial charge in [-0.3, -0.25) is 0 Å². The standard InChI is InChI=1S/C24H21N3O/c1-16(2)23-25-26-24(28-23)22-14-18-9-4-6-13-21(18)27(22)15-19-11-7-10-17-8-3-5-12-20(17)19/h3-14,16H,15H2,1-2H3. The highest BCUT2D eigenvalue weighted by Crippen LogP contribution is 2.30. The molecule has 5 aromatic rings. The summed E-state index contributed by atoms with van der Waals surface area (Å²) in [7, 11) is 0. The van der Waals surface area contributed by atoms with Crippen molar-refractivity contribution in [3.8, 4) is 11.6 Å². The van der Waals surface area contributed by atoms with E-state index in [1.807, 2.05) is 0 Å². The van der Waals surface area contributed by atoms with Gasteiger partial charge in [0, 0.05) is 23.4 Å². The first-order valence-electron chi connectivity index (χ1n) is 9.59. The van der Waals surface area contributed by atoms with Crippen molar-refractivity contribution in [2.24, 2.45) is 0 Å². The summed E-state index contributed by atoms with van der Waals surface area (Å²) in [5, 5.41) is 12.2. The lowest BCUT2D eigenvalue weighted by molar-refractivity contribution is 0.478. The van der Waals surface area contributed by atoms with Gasteiger partial charge in [-0.25, -0.2) is 0 Å². The molecule has 0 aliphatic heterocycles. The van der Waals surface area contributed by atoms with Gasteiger partial charge in [0.15, 0.2) is 0 Å². The Bertz CT molecular complexity index is 1270. The van der Waals surface area contributed by atoms with E-state index in [4.69, 9.17) is 4.42 Å². The summed E-state index contributed by atoms with van der Waals surface area (Å²) in [6.45, 7) is 4.86. The Balaban J connectivity index is 1.69. The van der Waals surface area contributed by atoms with E-state index in [2.05, 4.69) is 101 Å². The lowest BCUT2D eigenvalue weighted by atomic mass is 10.0. The highest BCUT2D eigenvalue weighted by atomic mass is 16.4. The van der Waals surface area contributed by atoms with Crippen LogP contribution in [0.25, 0.3) is 33.3 Å². The minimum absolute atomic E-state index is 0.206. The molecule has 2 aromatic heterocycles. The van der Waals surface area contributed by atoms with Crippen molar-refractivity contribution >= 4 is 21.7 Å². The molecular weight excluding hydrogens is 346 g/mol. The van der Waals surface area contributed by atoms with E-state index in [0.29, 0.717) is 11.8 Å². The fourth-order valence-electron chi connectivity index (χ4n) is 3.73. The number of benzene rings is 3. The first kappa shape index (κ1) is 16.8. The maximum absolute atomic E-state index is 5.98. The predicted molar refractivity (Wildman–Crippen MR) is 112 cm³/mol. The van der Waals surface area contributed by atoms with Crippen LogP contribution in [0.15, 0.2) is 77.2 Å². The maximum atomic E-state index is 5.98. The number of hydrogen-bond acceptors (Lipinski definition) is 3. The van der Waals surface area contributed by atoms with Crippen molar-refractivity contribution in [2.75, 3.05) is 0 Å². The average molecular weight is 367 g/mol. The van der Waals surface area contributed by atoms with E-state index < -0.39 is 0 Å². The molecule has 0 saturated heterocycles. The van der Waals surface area contributed by atoms with Gasteiger partial charge in [0.05, 0.1) is 0 Å². The van der Waals surface area contributed by atoms with Crippen LogP contribution in [0, 0.1) is 0 Å². The molecular formula is C24H21N3O. The number of nitrogens with zero attached hydrogens (tertiary/aromatic N) is 3. The Morgan fingerprint density at radius 2 is 1.61 bits per heavy atom. The average Bonchev–Trinajstić information content (AvgIpc) is 3.34. The molecule has 0 N–H and O–H groups in total. The number of fused-ring (bicyclic) bond motifs is 2. The van der Waals surface area contributed by atoms with Crippen LogP contribution in [0.4, 0.5) is 0 Å². The zero-order chi connectivity index (χ0) is 19.1. The molecule has 4 nitrogen and oxygen atoms in total. The fraction of sp³-hybridized carbons (Fsp3) is 0.167. The largest absolute Gasteiger partial charge is 0.419 e. The molecule has 3 aromatic carbocycles. The van der Waals surface area contributed by atoms with Gasteiger partial charge >= 0.3 is 0 Å². The van der Waals surface area contributed by atoms with Gasteiger partial charge in [-0.05, 0) is 28.5 Å². The van der Waals surface area contributed by atoms with Gasteiger partial charge in [0.2, 0.25) is 5.89 Å². The second-order valence-electron chi connectivity index (χ2n) is 7.41. The lowest BCUT2D eigenvalue weighted by Crippen LogP contribution is -2.02. The SMILES string of the molecule is CC(C)c1nnc(-c2cc3ccccc3n2Cc2cccc3ccccc23)o1. The first-order valence-corrected chi connectivity index (χ1v) is 9.59. The quantitative estimate of drug-likeness (QED) is 0.390. The third-order valence-electron chi connectivity index (χ3n) is 5.17. The summed E-state index contributed by atoms with van der Waals surface area (Å²) in [5.74, 6) is 1.44. The van der Waals surface area contributed by atoms with Crippen molar-refractivity contribution in [3.63, 3.8) is 0 Å². The van der Waals surface area contributed by atoms with Gasteiger partial charge in [-0.15, -0.1) is 10.2 Å². The molecule has 0 atom stereocenters. The number of hydrogen-bond donors (Lipinski definition) is 0. The molecule has 138 valence electrons. The van der Waals surface area contributed by atoms with Crippen molar-refractivity contribution in [3.05, 3.63) is 84.3 Å². The Labute approximate surface area is 163 Å². The molecule has 0 spiro atoms. The van der Waals surface area contributed by atoms with Gasteiger partial charge in [-0.1, -0.05) is 74.5 Å². The van der Waals surface area contributed by atoms with E-state index >= 15 is 0 Å². The molecule has 0 bridgehead atoms. The number of para-hydroxylation sites is 1. The van der Waals surface area contributed by atoms with E-state index in [1.165, 1.54) is 21.7 Å². The highest BCUT2D eigenvalue weighted by molar-refractivity contribution is 5.88. The van der Waals surface area contributed by atoms with Crippen LogP contribution in [0.1, 0.15) is 31.2 Å². The lowest BCUT2D eigenvalue weighted by Gasteiger charge is -2.11. The smallest absolute Gasteiger partial charge is 0.264 e. The molecule has 0 aliphatic rings. The van der Waals surface area contributed by atoms with Crippen molar-refractivity contribution < 1.29 is 4.42 Å². The van der Waals surface area contributed by atoms with Gasteiger partial charge < -0.3 is 8.98 Å². The summed E-state index contributed by atoms with van der Waals surface area (Å²) in [4.78, 5) is 0. The second kappa shape index (κ2) is 6.64. The summed E-state index contributed by atoms with van der Waals surface area (Å²) < 4.78 is 8.26. The summed E-state index contributed by atoms with van der Waals surface area (Å²) >= 11 is 0. The molecule has 0 radical (unpaired) electrons. The van der Waals surface area contributed by atoms with Crippen molar-refractivity contribution in [1.29, 1.82) is 0 Å². The molecule has 0 aliphatic carbocycles. The predicted octanol–water partition coefficient (Wildman–Crippen LogP) is 6.02. The van der Waals surface area contributed by atoms with E-state index in [9.17, 15) is 0 Å². The number of rotatable bonds is 4. The van der Waals surface area contributed by atoms with Crippen LogP contribution in [0.3, 0.4) is 0 Å². The molecule has 28 heavy (non-hydrogen) atoms. The van der Waals surface area contributed by atoms with Crippen LogP contribution in [0.5, 0.6) is 0 Å². The van der Waals surface area contributed by atoms with Crippen LogP contribution in [0.2, 0.25) is 0 Å². The zero-order valence-electron chi connectivity index (χ0n) is 16.0. The van der Waals surface area contributed by atoms with Gasteiger partial charge in [-0.2, -0.15) is 0 Å². The summed E-state index contributed by atoms with van der Waals surface area (Å²) in [6, 6.07) is 25.5. The topological polar surface area (TPSA) is 43.9 Å². The van der Waals surface area contributed by atoms with Crippen LogP contribution in [-0.4, -0.2) is 14.8 Å². The van der Waals surface area contributed by atoms with Gasteiger partial charge in [0.1, 0.15) is 5.69 Å². The van der Waals surface area contributed by atoms with Gasteiger partial charge in [0.25, 0.3) is 5.89 Å². The Morgan fingerprint density at radius 1 is 0.857 bits per heavy atom. The molecule has 0 unspecified atom stereocenters. The van der Waals surface area contributed by atoms with Crippen LogP contribution >= 0.6 is 0 Å². The normalized spacial score (nSPS) is 11.7. The molecule has 4 heteroatoms. The van der Waals surface area contributed by atoms with E-state index in [-0.39, 0.29) is 5.92 Å². The minimum Gasteiger partial charge on any atom is -0.419 e. The summed E-state index contributed by atoms with van der Waals surface area (Å²) in [5.41, 5.74) is 3.38. The summed E-state index contributed by atoms with van der Waals surface area (Å²) in [6.07, 6.45) is 0. The second-order valence-corrected chi connectivity index (χ2v) is 7.41. The van der Waals surface area contributed by atoms with Crippen LogP contribution in [-0.2, 0) is 6.54 Å². The molecule has 0 amide bonds. The Hall–Kier alpha value is -3.40. The first-order chi connectivity index (χ1) is 13.7. The Morgan fingerprint density at radius 3 is 2.43 bits per heavy atom. The van der Waals surface area contributed by atoms with E-state index in [1.54, 1.807) is 0 Å². The van der Waals surface area contributed by atoms with E-state index in [0.717, 1.165) is 17.8 Å². The molecule has 5 rings (SSSR count). The number of aromatic nitrogens is 3. The molecule has 2 heterocycles. The van der Waals surface area contributed by atoms with Crippen LogP contribution < -0.4 is 0 Å².